The quantitative estimate of drug-likeness (QED) is 0.574. The topological polar surface area (TPSA) is 52.4 Å². The minimum absolute atomic E-state index is 0.548. The third-order valence-electron chi connectivity index (χ3n) is 3.20. The van der Waals surface area contributed by atoms with E-state index in [0.717, 1.165) is 11.1 Å². The molecule has 0 amide bonds. The molecule has 0 bridgehead atoms. The minimum atomic E-state index is 0.548. The Balaban J connectivity index is 2.06. The van der Waals surface area contributed by atoms with Crippen LogP contribution in [0, 0.1) is 0 Å². The minimum Gasteiger partial charge on any atom is -0.493 e. The van der Waals surface area contributed by atoms with E-state index in [1.54, 1.807) is 45.9 Å². The average molecular weight is 324 g/mol. The summed E-state index contributed by atoms with van der Waals surface area (Å²) in [5.41, 5.74) is 1.91. The van der Waals surface area contributed by atoms with Crippen LogP contribution in [0.2, 0.25) is 0 Å². The van der Waals surface area contributed by atoms with Gasteiger partial charge in [-0.05, 0) is 23.8 Å². The van der Waals surface area contributed by atoms with Crippen molar-refractivity contribution in [2.75, 3.05) is 21.3 Å². The molecular weight excluding hydrogens is 304 g/mol. The van der Waals surface area contributed by atoms with E-state index in [2.05, 4.69) is 10.2 Å². The third kappa shape index (κ3) is 4.71. The van der Waals surface area contributed by atoms with Gasteiger partial charge < -0.3 is 14.2 Å². The van der Waals surface area contributed by atoms with Gasteiger partial charge in [0, 0.05) is 11.8 Å². The molecule has 0 unspecified atom stereocenters. The molecule has 0 N–H and O–H groups in total. The average Bonchev–Trinajstić information content (AvgIpc) is 2.64. The maximum atomic E-state index is 5.30. The molecule has 0 saturated carbocycles. The zero-order chi connectivity index (χ0) is 17.2. The van der Waals surface area contributed by atoms with Crippen LogP contribution in [0.4, 0.5) is 0 Å². The fourth-order valence-electron chi connectivity index (χ4n) is 2.07. The van der Waals surface area contributed by atoms with Gasteiger partial charge in [-0.25, -0.2) is 0 Å². The molecule has 0 radical (unpaired) electrons. The van der Waals surface area contributed by atoms with Crippen LogP contribution in [0.3, 0.4) is 0 Å². The van der Waals surface area contributed by atoms with Gasteiger partial charge in [-0.1, -0.05) is 36.4 Å². The Bertz CT molecular complexity index is 713. The van der Waals surface area contributed by atoms with Gasteiger partial charge in [0.2, 0.25) is 5.75 Å². The number of allylic oxidation sites excluding steroid dienone is 1. The fourth-order valence-corrected chi connectivity index (χ4v) is 2.07. The summed E-state index contributed by atoms with van der Waals surface area (Å²) in [6.45, 7) is 0. The summed E-state index contributed by atoms with van der Waals surface area (Å²) in [6.07, 6.45) is 7.04. The summed E-state index contributed by atoms with van der Waals surface area (Å²) in [6, 6.07) is 13.6. The van der Waals surface area contributed by atoms with Crippen molar-refractivity contribution in [3.63, 3.8) is 0 Å². The molecule has 0 aliphatic carbocycles. The monoisotopic (exact) mass is 324 g/mol. The van der Waals surface area contributed by atoms with Gasteiger partial charge in [0.25, 0.3) is 0 Å². The first-order valence-corrected chi connectivity index (χ1v) is 7.36. The molecule has 0 fully saturated rings. The van der Waals surface area contributed by atoms with Crippen molar-refractivity contribution >= 4 is 18.5 Å². The Kier molecular flexibility index (Phi) is 6.58. The van der Waals surface area contributed by atoms with E-state index in [9.17, 15) is 0 Å². The summed E-state index contributed by atoms with van der Waals surface area (Å²) < 4.78 is 15.9. The van der Waals surface area contributed by atoms with Crippen molar-refractivity contribution in [2.24, 2.45) is 10.2 Å². The van der Waals surface area contributed by atoms with Crippen molar-refractivity contribution in [2.45, 2.75) is 0 Å². The number of hydrogen-bond acceptors (Lipinski definition) is 5. The lowest BCUT2D eigenvalue weighted by molar-refractivity contribution is 0.324. The normalized spacial score (nSPS) is 11.5. The lowest BCUT2D eigenvalue weighted by Crippen LogP contribution is -1.96. The van der Waals surface area contributed by atoms with E-state index in [4.69, 9.17) is 14.2 Å². The van der Waals surface area contributed by atoms with Gasteiger partial charge in [-0.15, -0.1) is 0 Å². The molecule has 0 spiro atoms. The molecule has 0 aliphatic rings. The Morgan fingerprint density at radius 2 is 1.46 bits per heavy atom. The molecule has 0 heterocycles. The highest BCUT2D eigenvalue weighted by atomic mass is 16.5. The van der Waals surface area contributed by atoms with E-state index < -0.39 is 0 Å². The molecule has 2 aromatic rings. The summed E-state index contributed by atoms with van der Waals surface area (Å²) >= 11 is 0. The summed E-state index contributed by atoms with van der Waals surface area (Å²) in [5.74, 6) is 1.70. The van der Waals surface area contributed by atoms with E-state index in [-0.39, 0.29) is 0 Å². The van der Waals surface area contributed by atoms with Crippen LogP contribution in [0.5, 0.6) is 17.2 Å². The Labute approximate surface area is 141 Å². The molecule has 2 aromatic carbocycles. The molecule has 2 rings (SSSR count). The van der Waals surface area contributed by atoms with Crippen LogP contribution in [0.15, 0.2) is 58.7 Å². The maximum Gasteiger partial charge on any atom is 0.203 e. The third-order valence-corrected chi connectivity index (χ3v) is 3.20. The Hall–Kier alpha value is -3.08. The summed E-state index contributed by atoms with van der Waals surface area (Å²) in [7, 11) is 4.72. The highest BCUT2D eigenvalue weighted by Crippen LogP contribution is 2.37. The molecule has 24 heavy (non-hydrogen) atoms. The number of hydrogen-bond donors (Lipinski definition) is 0. The highest BCUT2D eigenvalue weighted by molar-refractivity contribution is 5.83. The van der Waals surface area contributed by atoms with Crippen LogP contribution in [-0.2, 0) is 0 Å². The smallest absolute Gasteiger partial charge is 0.203 e. The van der Waals surface area contributed by atoms with Crippen LogP contribution < -0.4 is 14.2 Å². The molecule has 0 atom stereocenters. The van der Waals surface area contributed by atoms with Gasteiger partial charge in [0.15, 0.2) is 11.5 Å². The summed E-state index contributed by atoms with van der Waals surface area (Å²) in [5, 5.41) is 8.00. The Morgan fingerprint density at radius 3 is 2.04 bits per heavy atom. The van der Waals surface area contributed by atoms with Crippen LogP contribution >= 0.6 is 0 Å². The zero-order valence-electron chi connectivity index (χ0n) is 14.0. The number of nitrogens with zero attached hydrogens (tertiary/aromatic N) is 2. The van der Waals surface area contributed by atoms with Gasteiger partial charge in [0.1, 0.15) is 0 Å². The van der Waals surface area contributed by atoms with Gasteiger partial charge >= 0.3 is 0 Å². The second kappa shape index (κ2) is 9.15. The van der Waals surface area contributed by atoms with E-state index in [0.29, 0.717) is 17.2 Å². The molecule has 124 valence electrons. The highest BCUT2D eigenvalue weighted by Gasteiger charge is 2.12. The van der Waals surface area contributed by atoms with Crippen LogP contribution in [0.25, 0.3) is 6.08 Å². The SMILES string of the molecule is COc1cc(/C=N/N=C/C=C/c2ccccc2)cc(OC)c1OC. The fraction of sp³-hybridized carbons (Fsp3) is 0.158. The largest absolute Gasteiger partial charge is 0.493 e. The van der Waals surface area contributed by atoms with Gasteiger partial charge in [-0.3, -0.25) is 0 Å². The zero-order valence-corrected chi connectivity index (χ0v) is 14.0. The molecule has 5 heteroatoms. The first kappa shape index (κ1) is 17.3. The van der Waals surface area contributed by atoms with E-state index in [1.807, 2.05) is 42.5 Å². The first-order valence-electron chi connectivity index (χ1n) is 7.36. The standard InChI is InChI=1S/C19H20N2O3/c1-22-17-12-16(13-18(23-2)19(17)24-3)14-21-20-11-7-10-15-8-5-4-6-9-15/h4-14H,1-3H3/b10-7+,20-11+,21-14+. The lowest BCUT2D eigenvalue weighted by Gasteiger charge is -2.12. The number of rotatable bonds is 7. The Morgan fingerprint density at radius 1 is 0.792 bits per heavy atom. The molecule has 0 saturated heterocycles. The predicted molar refractivity (Wildman–Crippen MR) is 97.7 cm³/mol. The van der Waals surface area contributed by atoms with Crippen molar-refractivity contribution in [1.82, 2.24) is 0 Å². The van der Waals surface area contributed by atoms with Crippen molar-refractivity contribution in [3.05, 3.63) is 59.7 Å². The molecule has 0 aromatic heterocycles. The van der Waals surface area contributed by atoms with E-state index in [1.165, 1.54) is 0 Å². The second-order valence-corrected chi connectivity index (χ2v) is 4.74. The maximum absolute atomic E-state index is 5.30. The van der Waals surface area contributed by atoms with Crippen LogP contribution in [0.1, 0.15) is 11.1 Å². The molecule has 5 nitrogen and oxygen atoms in total. The van der Waals surface area contributed by atoms with Crippen molar-refractivity contribution in [3.8, 4) is 17.2 Å². The predicted octanol–water partition coefficient (Wildman–Crippen LogP) is 3.83. The van der Waals surface area contributed by atoms with Gasteiger partial charge in [-0.2, -0.15) is 10.2 Å². The second-order valence-electron chi connectivity index (χ2n) is 4.74. The van der Waals surface area contributed by atoms with Crippen LogP contribution in [-0.4, -0.2) is 33.8 Å². The lowest BCUT2D eigenvalue weighted by atomic mass is 10.2. The van der Waals surface area contributed by atoms with Crippen molar-refractivity contribution in [1.29, 1.82) is 0 Å². The number of ether oxygens (including phenoxy) is 3. The first-order chi connectivity index (χ1) is 11.8. The van der Waals surface area contributed by atoms with Gasteiger partial charge in [0.05, 0.1) is 27.5 Å². The number of benzene rings is 2. The molecule has 0 aliphatic heterocycles. The molecular formula is C19H20N2O3. The number of methoxy groups -OCH3 is 3. The summed E-state index contributed by atoms with van der Waals surface area (Å²) in [4.78, 5) is 0. The van der Waals surface area contributed by atoms with E-state index >= 15 is 0 Å². The van der Waals surface area contributed by atoms with Crippen molar-refractivity contribution < 1.29 is 14.2 Å².